The number of ether oxygens (including phenoxy) is 1. The summed E-state index contributed by atoms with van der Waals surface area (Å²) in [5, 5.41) is 44.7. The maximum atomic E-state index is 13.8. The van der Waals surface area contributed by atoms with Crippen molar-refractivity contribution in [3.63, 3.8) is 0 Å². The molecular weight excluding hydrogens is 520 g/mol. The number of carbonyl (C=O) groups is 4. The van der Waals surface area contributed by atoms with Gasteiger partial charge in [0.05, 0.1) is 24.3 Å². The van der Waals surface area contributed by atoms with E-state index in [-0.39, 0.29) is 29.7 Å². The lowest BCUT2D eigenvalue weighted by atomic mass is 9.58. The Balaban J connectivity index is 1.68. The van der Waals surface area contributed by atoms with Gasteiger partial charge in [0.15, 0.2) is 11.4 Å². The lowest BCUT2D eigenvalue weighted by Gasteiger charge is -2.50. The maximum absolute atomic E-state index is 13.8. The molecule has 0 heterocycles. The second-order valence-electron chi connectivity index (χ2n) is 10.5. The summed E-state index contributed by atoms with van der Waals surface area (Å²) >= 11 is 0. The number of hydrogen-bond donors (Lipinski definition) is 5. The number of esters is 1. The van der Waals surface area contributed by atoms with E-state index in [0.29, 0.717) is 22.3 Å². The van der Waals surface area contributed by atoms with Gasteiger partial charge in [0.25, 0.3) is 5.91 Å². The number of carbonyl (C=O) groups excluding carboxylic acids is 4. The third-order valence-electron chi connectivity index (χ3n) is 8.22. The van der Waals surface area contributed by atoms with E-state index in [1.165, 1.54) is 18.1 Å². The van der Waals surface area contributed by atoms with Gasteiger partial charge in [-0.2, -0.15) is 0 Å². The molecule has 1 amide bonds. The minimum absolute atomic E-state index is 0.0118. The number of primary amides is 1. The zero-order valence-electron chi connectivity index (χ0n) is 22.0. The first-order valence-corrected chi connectivity index (χ1v) is 12.5. The molecule has 208 valence electrons. The number of amides is 1. The molecule has 0 saturated heterocycles. The first kappa shape index (κ1) is 27.1. The maximum Gasteiger partial charge on any atom is 0.337 e. The predicted molar refractivity (Wildman–Crippen MR) is 140 cm³/mol. The van der Waals surface area contributed by atoms with Crippen molar-refractivity contribution in [1.29, 1.82) is 0 Å². The first-order chi connectivity index (χ1) is 18.8. The third-order valence-corrected chi connectivity index (χ3v) is 8.22. The van der Waals surface area contributed by atoms with E-state index in [2.05, 4.69) is 0 Å². The minimum atomic E-state index is -2.69. The summed E-state index contributed by atoms with van der Waals surface area (Å²) in [5.41, 5.74) is 3.58. The number of benzene rings is 2. The zero-order chi connectivity index (χ0) is 29.3. The average molecular weight is 549 g/mol. The number of Topliss-reactive ketones (excluding diaryl/α,β-unsaturated/α-hetero) is 2. The molecule has 0 aliphatic heterocycles. The van der Waals surface area contributed by atoms with Crippen molar-refractivity contribution in [2.75, 3.05) is 21.2 Å². The average Bonchev–Trinajstić information content (AvgIpc) is 2.90. The number of aliphatic hydroxyl groups is 3. The number of hydrogen-bond acceptors (Lipinski definition) is 10. The lowest BCUT2D eigenvalue weighted by Crippen LogP contribution is -2.63. The second-order valence-corrected chi connectivity index (χ2v) is 10.5. The number of fused-ring (bicyclic) bond motifs is 3. The molecule has 4 atom stereocenters. The molecule has 3 aliphatic carbocycles. The van der Waals surface area contributed by atoms with E-state index in [1.54, 1.807) is 44.4 Å². The van der Waals surface area contributed by atoms with Gasteiger partial charge in [-0.1, -0.05) is 18.2 Å². The van der Waals surface area contributed by atoms with Crippen LogP contribution >= 0.6 is 0 Å². The summed E-state index contributed by atoms with van der Waals surface area (Å²) in [6.45, 7) is 0. The zero-order valence-corrected chi connectivity index (χ0v) is 22.0. The van der Waals surface area contributed by atoms with Crippen LogP contribution in [0.1, 0.15) is 32.7 Å². The largest absolute Gasteiger partial charge is 0.510 e. The van der Waals surface area contributed by atoms with Crippen molar-refractivity contribution in [2.24, 2.45) is 17.6 Å². The number of rotatable bonds is 4. The Hall–Kier alpha value is -4.48. The van der Waals surface area contributed by atoms with Crippen LogP contribution in [-0.4, -0.2) is 81.6 Å². The van der Waals surface area contributed by atoms with E-state index in [0.717, 1.165) is 0 Å². The molecule has 5 rings (SSSR count). The predicted octanol–water partition coefficient (Wildman–Crippen LogP) is 1.57. The summed E-state index contributed by atoms with van der Waals surface area (Å²) in [6, 6.07) is 8.41. The Morgan fingerprint density at radius 3 is 2.27 bits per heavy atom. The Labute approximate surface area is 228 Å². The van der Waals surface area contributed by atoms with Crippen LogP contribution < -0.4 is 5.73 Å². The van der Waals surface area contributed by atoms with Crippen molar-refractivity contribution in [1.82, 2.24) is 4.90 Å². The third kappa shape index (κ3) is 3.65. The molecule has 11 nitrogen and oxygen atoms in total. The Kier molecular flexibility index (Phi) is 6.31. The van der Waals surface area contributed by atoms with Crippen molar-refractivity contribution in [3.05, 3.63) is 75.8 Å². The van der Waals surface area contributed by atoms with Gasteiger partial charge in [-0.25, -0.2) is 4.79 Å². The molecule has 0 aromatic heterocycles. The highest BCUT2D eigenvalue weighted by molar-refractivity contribution is 6.25. The number of nitrogens with zero attached hydrogens (tertiary/aromatic N) is 1. The molecule has 40 heavy (non-hydrogen) atoms. The van der Waals surface area contributed by atoms with Crippen molar-refractivity contribution < 1.29 is 44.3 Å². The van der Waals surface area contributed by atoms with Crippen molar-refractivity contribution in [2.45, 2.75) is 24.5 Å². The summed E-state index contributed by atoms with van der Waals surface area (Å²) in [5.74, 6) is -7.54. The molecule has 0 fully saturated rings. The van der Waals surface area contributed by atoms with Gasteiger partial charge in [-0.15, -0.1) is 0 Å². The fourth-order valence-electron chi connectivity index (χ4n) is 6.42. The van der Waals surface area contributed by atoms with E-state index in [9.17, 15) is 39.6 Å². The first-order valence-electron chi connectivity index (χ1n) is 12.5. The van der Waals surface area contributed by atoms with E-state index >= 15 is 0 Å². The van der Waals surface area contributed by atoms with Crippen LogP contribution in [0.5, 0.6) is 5.75 Å². The molecule has 2 aromatic rings. The molecule has 11 heteroatoms. The number of phenolic OH excluding ortho intramolecular Hbond substituents is 1. The summed E-state index contributed by atoms with van der Waals surface area (Å²) in [6.07, 6.45) is 0.138. The number of aliphatic hydroxyl groups excluding tert-OH is 2. The molecule has 0 unspecified atom stereocenters. The van der Waals surface area contributed by atoms with Gasteiger partial charge in [-0.05, 0) is 67.7 Å². The molecular formula is C29H28N2O9. The Morgan fingerprint density at radius 2 is 1.70 bits per heavy atom. The highest BCUT2D eigenvalue weighted by Gasteiger charge is 2.63. The number of ketones is 2. The van der Waals surface area contributed by atoms with Gasteiger partial charge in [0.2, 0.25) is 5.78 Å². The molecule has 0 radical (unpaired) electrons. The number of aromatic hydroxyl groups is 1. The van der Waals surface area contributed by atoms with Crippen LogP contribution in [0.15, 0.2) is 59.1 Å². The fourth-order valence-corrected chi connectivity index (χ4v) is 6.42. The number of nitrogens with two attached hydrogens (primary N) is 1. The van der Waals surface area contributed by atoms with Crippen LogP contribution in [0.3, 0.4) is 0 Å². The monoisotopic (exact) mass is 548 g/mol. The van der Waals surface area contributed by atoms with Crippen LogP contribution in [0.2, 0.25) is 0 Å². The van der Waals surface area contributed by atoms with Crippen LogP contribution in [-0.2, 0) is 20.7 Å². The molecule has 3 aliphatic rings. The second kappa shape index (κ2) is 9.32. The highest BCUT2D eigenvalue weighted by Crippen LogP contribution is 2.53. The van der Waals surface area contributed by atoms with Gasteiger partial charge >= 0.3 is 5.97 Å². The standard InChI is InChI=1S/C29H28N2O9/c1-31(2)22-17-11-14-10-16-15(12-4-6-13(7-5-12)28(38)40-3)8-9-18(32)20(16)23(33)19(14)25(35)29(17,39)26(36)21(24(22)34)27(30)37/h4-9,14,17,22,32,34-35,39H,10-11H2,1-3H3,(H2,30,37)/t14-,17+,22-,29+/m1/s1. The van der Waals surface area contributed by atoms with Gasteiger partial charge in [-0.3, -0.25) is 19.3 Å². The van der Waals surface area contributed by atoms with Gasteiger partial charge in [0.1, 0.15) is 22.8 Å². The van der Waals surface area contributed by atoms with Gasteiger partial charge < -0.3 is 30.9 Å². The van der Waals surface area contributed by atoms with E-state index in [4.69, 9.17) is 10.5 Å². The molecule has 0 bridgehead atoms. The van der Waals surface area contributed by atoms with E-state index in [1.807, 2.05) is 0 Å². The Morgan fingerprint density at radius 1 is 1.05 bits per heavy atom. The van der Waals surface area contributed by atoms with Crippen molar-refractivity contribution >= 4 is 23.4 Å². The summed E-state index contributed by atoms with van der Waals surface area (Å²) in [7, 11) is 4.41. The van der Waals surface area contributed by atoms with Crippen LogP contribution in [0.4, 0.5) is 0 Å². The molecule has 2 aromatic carbocycles. The normalized spacial score (nSPS) is 25.9. The SMILES string of the molecule is COC(=O)c1ccc(-c2ccc(O)c3c2C[C@@H]2C[C@H]4[C@@H](N(C)C)C(O)=C(C(N)=O)C(=O)[C@@]4(O)C(O)=C2C3=O)cc1. The summed E-state index contributed by atoms with van der Waals surface area (Å²) in [4.78, 5) is 52.7. The lowest BCUT2D eigenvalue weighted by molar-refractivity contribution is -0.148. The summed E-state index contributed by atoms with van der Waals surface area (Å²) < 4.78 is 4.74. The Bertz CT molecular complexity index is 1550. The molecule has 0 saturated carbocycles. The molecule has 6 N–H and O–H groups in total. The topological polar surface area (TPSA) is 188 Å². The van der Waals surface area contributed by atoms with Crippen LogP contribution in [0, 0.1) is 11.8 Å². The van der Waals surface area contributed by atoms with Gasteiger partial charge in [0, 0.05) is 11.5 Å². The number of allylic oxidation sites excluding steroid dienone is 1. The van der Waals surface area contributed by atoms with Crippen LogP contribution in [0.25, 0.3) is 11.1 Å². The quantitative estimate of drug-likeness (QED) is 0.277. The highest BCUT2D eigenvalue weighted by atomic mass is 16.5. The number of methoxy groups -OCH3 is 1. The fraction of sp³-hybridized carbons (Fsp3) is 0.310. The number of likely N-dealkylation sites (N-methyl/N-ethyl adjacent to an activating group) is 1. The van der Waals surface area contributed by atoms with Crippen molar-refractivity contribution in [3.8, 4) is 16.9 Å². The smallest absolute Gasteiger partial charge is 0.337 e. The minimum Gasteiger partial charge on any atom is -0.510 e. The van der Waals surface area contributed by atoms with E-state index < -0.39 is 64.0 Å². The number of phenols is 1. The molecule has 0 spiro atoms.